The van der Waals surface area contributed by atoms with E-state index in [-0.39, 0.29) is 5.82 Å². The zero-order valence-corrected chi connectivity index (χ0v) is 11.5. The summed E-state index contributed by atoms with van der Waals surface area (Å²) >= 11 is 5.91. The SMILES string of the molecule is COCCNc1nc(C)cn1-c1cc(Cl)ccc1F. The maximum Gasteiger partial charge on any atom is 0.207 e. The largest absolute Gasteiger partial charge is 0.383 e. The van der Waals surface area contributed by atoms with E-state index in [1.54, 1.807) is 23.9 Å². The van der Waals surface area contributed by atoms with Crippen molar-refractivity contribution >= 4 is 17.5 Å². The maximum absolute atomic E-state index is 13.9. The van der Waals surface area contributed by atoms with Crippen LogP contribution in [-0.2, 0) is 4.74 Å². The fourth-order valence-electron chi connectivity index (χ4n) is 1.74. The first kappa shape index (κ1) is 13.8. The molecule has 0 unspecified atom stereocenters. The monoisotopic (exact) mass is 283 g/mol. The van der Waals surface area contributed by atoms with Crippen LogP contribution in [-0.4, -0.2) is 29.8 Å². The van der Waals surface area contributed by atoms with E-state index < -0.39 is 0 Å². The Morgan fingerprint density at radius 1 is 1.47 bits per heavy atom. The number of ether oxygens (including phenoxy) is 1. The standard InChI is InChI=1S/C13H15ClFN3O/c1-9-8-18(13(17-9)16-5-6-19-2)12-7-10(14)3-4-11(12)15/h3-4,7-8H,5-6H2,1-2H3,(H,16,17). The van der Waals surface area contributed by atoms with Gasteiger partial charge in [-0.1, -0.05) is 11.6 Å². The summed E-state index contributed by atoms with van der Waals surface area (Å²) in [7, 11) is 1.62. The predicted octanol–water partition coefficient (Wildman–Crippen LogP) is 3.03. The molecule has 4 nitrogen and oxygen atoms in total. The molecule has 0 atom stereocenters. The maximum atomic E-state index is 13.9. The molecule has 0 bridgehead atoms. The molecule has 1 aromatic heterocycles. The number of nitrogens with zero attached hydrogens (tertiary/aromatic N) is 2. The van der Waals surface area contributed by atoms with Crippen LogP contribution in [0.1, 0.15) is 5.69 Å². The molecule has 102 valence electrons. The van der Waals surface area contributed by atoms with Crippen molar-refractivity contribution in [1.82, 2.24) is 9.55 Å². The number of rotatable bonds is 5. The zero-order chi connectivity index (χ0) is 13.8. The van der Waals surface area contributed by atoms with Crippen molar-refractivity contribution in [2.24, 2.45) is 0 Å². The van der Waals surface area contributed by atoms with Crippen molar-refractivity contribution in [1.29, 1.82) is 0 Å². The number of aryl methyl sites for hydroxylation is 1. The van der Waals surface area contributed by atoms with Gasteiger partial charge in [-0.05, 0) is 25.1 Å². The number of nitrogens with one attached hydrogen (secondary N) is 1. The van der Waals surface area contributed by atoms with Crippen LogP contribution < -0.4 is 5.32 Å². The highest BCUT2D eigenvalue weighted by Crippen LogP contribution is 2.22. The molecule has 0 aliphatic rings. The van der Waals surface area contributed by atoms with E-state index in [1.807, 2.05) is 6.92 Å². The highest BCUT2D eigenvalue weighted by atomic mass is 35.5. The van der Waals surface area contributed by atoms with Crippen LogP contribution in [0.3, 0.4) is 0 Å². The van der Waals surface area contributed by atoms with E-state index in [0.29, 0.717) is 29.8 Å². The Bertz CT molecular complexity index is 571. The van der Waals surface area contributed by atoms with Crippen molar-refractivity contribution in [3.8, 4) is 5.69 Å². The number of benzene rings is 1. The first-order valence-electron chi connectivity index (χ1n) is 5.86. The number of imidazole rings is 1. The second kappa shape index (κ2) is 6.04. The van der Waals surface area contributed by atoms with E-state index in [0.717, 1.165) is 5.69 Å². The fourth-order valence-corrected chi connectivity index (χ4v) is 1.91. The zero-order valence-electron chi connectivity index (χ0n) is 10.8. The molecule has 0 aliphatic heterocycles. The number of anilines is 1. The Morgan fingerprint density at radius 2 is 2.26 bits per heavy atom. The number of hydrogen-bond acceptors (Lipinski definition) is 3. The first-order valence-corrected chi connectivity index (χ1v) is 6.24. The third-order valence-electron chi connectivity index (χ3n) is 2.58. The highest BCUT2D eigenvalue weighted by molar-refractivity contribution is 6.30. The lowest BCUT2D eigenvalue weighted by molar-refractivity contribution is 0.210. The quantitative estimate of drug-likeness (QED) is 0.857. The van der Waals surface area contributed by atoms with Crippen LogP contribution >= 0.6 is 11.6 Å². The molecule has 0 saturated heterocycles. The smallest absolute Gasteiger partial charge is 0.207 e. The minimum absolute atomic E-state index is 0.350. The molecule has 2 aromatic rings. The molecule has 19 heavy (non-hydrogen) atoms. The molecular weight excluding hydrogens is 269 g/mol. The van der Waals surface area contributed by atoms with Crippen molar-refractivity contribution in [3.63, 3.8) is 0 Å². The molecule has 0 aliphatic carbocycles. The van der Waals surface area contributed by atoms with Crippen LogP contribution in [0.4, 0.5) is 10.3 Å². The Labute approximate surface area is 116 Å². The number of aromatic nitrogens is 2. The van der Waals surface area contributed by atoms with Gasteiger partial charge < -0.3 is 10.1 Å². The molecule has 0 amide bonds. The van der Waals surface area contributed by atoms with Crippen molar-refractivity contribution in [2.45, 2.75) is 6.92 Å². The summed E-state index contributed by atoms with van der Waals surface area (Å²) in [5.41, 5.74) is 1.16. The number of methoxy groups -OCH3 is 1. The minimum atomic E-state index is -0.350. The molecule has 1 heterocycles. The van der Waals surface area contributed by atoms with Gasteiger partial charge in [0.15, 0.2) is 0 Å². The van der Waals surface area contributed by atoms with E-state index in [9.17, 15) is 4.39 Å². The van der Waals surface area contributed by atoms with E-state index in [1.165, 1.54) is 12.1 Å². The van der Waals surface area contributed by atoms with Crippen molar-refractivity contribution < 1.29 is 9.13 Å². The summed E-state index contributed by atoms with van der Waals surface area (Å²) in [5, 5.41) is 3.57. The summed E-state index contributed by atoms with van der Waals surface area (Å²) in [4.78, 5) is 4.32. The lowest BCUT2D eigenvalue weighted by Gasteiger charge is -2.10. The molecule has 1 N–H and O–H groups in total. The van der Waals surface area contributed by atoms with E-state index in [4.69, 9.17) is 16.3 Å². The summed E-state index contributed by atoms with van der Waals surface area (Å²) in [6, 6.07) is 4.42. The molecule has 0 saturated carbocycles. The third kappa shape index (κ3) is 3.24. The van der Waals surface area contributed by atoms with Crippen molar-refractivity contribution in [3.05, 3.63) is 40.9 Å². The molecule has 6 heteroatoms. The Hall–Kier alpha value is -1.59. The van der Waals surface area contributed by atoms with E-state index in [2.05, 4.69) is 10.3 Å². The number of halogens is 2. The summed E-state index contributed by atoms with van der Waals surface area (Å²) in [6.07, 6.45) is 1.75. The lowest BCUT2D eigenvalue weighted by Crippen LogP contribution is -2.12. The van der Waals surface area contributed by atoms with Crippen molar-refractivity contribution in [2.75, 3.05) is 25.6 Å². The molecule has 0 radical (unpaired) electrons. The van der Waals surface area contributed by atoms with Gasteiger partial charge in [0.1, 0.15) is 5.82 Å². The molecule has 2 rings (SSSR count). The molecule has 1 aromatic carbocycles. The summed E-state index contributed by atoms with van der Waals surface area (Å²) < 4.78 is 20.5. The topological polar surface area (TPSA) is 39.1 Å². The molecule has 0 spiro atoms. The summed E-state index contributed by atoms with van der Waals surface area (Å²) in [6.45, 7) is 2.99. The van der Waals surface area contributed by atoms with Gasteiger partial charge in [0, 0.05) is 24.9 Å². The van der Waals surface area contributed by atoms with Crippen LogP contribution in [0.25, 0.3) is 5.69 Å². The second-order valence-corrected chi connectivity index (χ2v) is 4.53. The Kier molecular flexibility index (Phi) is 4.39. The van der Waals surface area contributed by atoms with Gasteiger partial charge in [-0.15, -0.1) is 0 Å². The van der Waals surface area contributed by atoms with Gasteiger partial charge in [-0.2, -0.15) is 0 Å². The van der Waals surface area contributed by atoms with Crippen LogP contribution in [0, 0.1) is 12.7 Å². The summed E-state index contributed by atoms with van der Waals surface area (Å²) in [5.74, 6) is 0.215. The van der Waals surface area contributed by atoms with Gasteiger partial charge in [-0.3, -0.25) is 4.57 Å². The highest BCUT2D eigenvalue weighted by Gasteiger charge is 2.11. The van der Waals surface area contributed by atoms with Gasteiger partial charge in [-0.25, -0.2) is 9.37 Å². The van der Waals surface area contributed by atoms with Gasteiger partial charge in [0.05, 0.1) is 18.0 Å². The van der Waals surface area contributed by atoms with Crippen LogP contribution in [0.2, 0.25) is 5.02 Å². The second-order valence-electron chi connectivity index (χ2n) is 4.09. The Morgan fingerprint density at radius 3 is 3.00 bits per heavy atom. The normalized spacial score (nSPS) is 10.7. The van der Waals surface area contributed by atoms with Gasteiger partial charge in [0.25, 0.3) is 0 Å². The molecular formula is C13H15ClFN3O. The Balaban J connectivity index is 2.35. The minimum Gasteiger partial charge on any atom is -0.383 e. The lowest BCUT2D eigenvalue weighted by atomic mass is 10.3. The number of hydrogen-bond donors (Lipinski definition) is 1. The van der Waals surface area contributed by atoms with Gasteiger partial charge in [0.2, 0.25) is 5.95 Å². The predicted molar refractivity (Wildman–Crippen MR) is 73.6 cm³/mol. The van der Waals surface area contributed by atoms with Gasteiger partial charge >= 0.3 is 0 Å². The average Bonchev–Trinajstić information content (AvgIpc) is 2.74. The molecule has 0 fully saturated rings. The average molecular weight is 284 g/mol. The first-order chi connectivity index (χ1) is 9.11. The third-order valence-corrected chi connectivity index (χ3v) is 2.82. The van der Waals surface area contributed by atoms with Crippen LogP contribution in [0.5, 0.6) is 0 Å². The van der Waals surface area contributed by atoms with E-state index >= 15 is 0 Å². The fraction of sp³-hybridized carbons (Fsp3) is 0.308. The van der Waals surface area contributed by atoms with Crippen LogP contribution in [0.15, 0.2) is 24.4 Å².